The van der Waals surface area contributed by atoms with Gasteiger partial charge in [0.25, 0.3) is 5.91 Å². The Labute approximate surface area is 176 Å². The van der Waals surface area contributed by atoms with Gasteiger partial charge in [-0.3, -0.25) is 4.79 Å². The van der Waals surface area contributed by atoms with Crippen molar-refractivity contribution in [2.45, 2.75) is 19.3 Å². The second kappa shape index (κ2) is 8.14. The molecular weight excluding hydrogens is 418 g/mol. The van der Waals surface area contributed by atoms with Crippen LogP contribution in [0.1, 0.15) is 28.9 Å². The van der Waals surface area contributed by atoms with Gasteiger partial charge in [0, 0.05) is 25.2 Å². The number of piperidine rings is 1. The number of benzene rings is 1. The van der Waals surface area contributed by atoms with Crippen LogP contribution in [-0.2, 0) is 0 Å². The Balaban J connectivity index is 1.55. The zero-order chi connectivity index (χ0) is 19.7. The predicted octanol–water partition coefficient (Wildman–Crippen LogP) is 5.27. The second-order valence-corrected chi connectivity index (χ2v) is 9.16. The lowest BCUT2D eigenvalue weighted by atomic mass is 10.1. The summed E-state index contributed by atoms with van der Waals surface area (Å²) < 4.78 is 11.6. The van der Waals surface area contributed by atoms with Crippen LogP contribution in [0.25, 0.3) is 9.53 Å². The van der Waals surface area contributed by atoms with Crippen LogP contribution in [0.15, 0.2) is 18.2 Å². The number of thiazole rings is 1. The molecule has 1 N–H and O–H groups in total. The van der Waals surface area contributed by atoms with E-state index in [1.165, 1.54) is 44.8 Å². The Kier molecular flexibility index (Phi) is 5.61. The van der Waals surface area contributed by atoms with Gasteiger partial charge in [-0.25, -0.2) is 4.98 Å². The van der Waals surface area contributed by atoms with Gasteiger partial charge >= 0.3 is 0 Å². The monoisotopic (exact) mass is 437 g/mol. The summed E-state index contributed by atoms with van der Waals surface area (Å²) in [5, 5.41) is 4.36. The number of carbonyl (C=O) groups is 1. The molecule has 3 heterocycles. The van der Waals surface area contributed by atoms with Crippen molar-refractivity contribution in [2.75, 3.05) is 37.5 Å². The van der Waals surface area contributed by atoms with Gasteiger partial charge in [0.1, 0.15) is 15.5 Å². The van der Waals surface area contributed by atoms with Gasteiger partial charge in [-0.05, 0) is 25.3 Å². The molecule has 1 aliphatic rings. The highest BCUT2D eigenvalue weighted by molar-refractivity contribution is 7.40. The number of amides is 1. The second-order valence-electron chi connectivity index (χ2n) is 6.47. The number of nitrogens with zero attached hydrogens (tertiary/aromatic N) is 2. The van der Waals surface area contributed by atoms with Crippen molar-refractivity contribution in [3.63, 3.8) is 0 Å². The van der Waals surface area contributed by atoms with Crippen LogP contribution in [0, 0.1) is 0 Å². The summed E-state index contributed by atoms with van der Waals surface area (Å²) >= 11 is 9.24. The van der Waals surface area contributed by atoms with Crippen molar-refractivity contribution in [3.05, 3.63) is 28.1 Å². The summed E-state index contributed by atoms with van der Waals surface area (Å²) in [4.78, 5) is 20.4. The van der Waals surface area contributed by atoms with Crippen molar-refractivity contribution < 1.29 is 14.3 Å². The molecule has 0 aliphatic carbocycles. The first-order chi connectivity index (χ1) is 13.6. The summed E-state index contributed by atoms with van der Waals surface area (Å²) in [5.41, 5.74) is 1.38. The van der Waals surface area contributed by atoms with Crippen LogP contribution >= 0.6 is 34.3 Å². The molecule has 6 nitrogen and oxygen atoms in total. The van der Waals surface area contributed by atoms with E-state index in [-0.39, 0.29) is 5.91 Å². The number of thiophene rings is 1. The van der Waals surface area contributed by atoms with Crippen molar-refractivity contribution in [1.29, 1.82) is 0 Å². The van der Waals surface area contributed by atoms with E-state index in [1.807, 2.05) is 6.07 Å². The van der Waals surface area contributed by atoms with Crippen LogP contribution in [0.5, 0.6) is 11.5 Å². The van der Waals surface area contributed by atoms with Gasteiger partial charge in [-0.15, -0.1) is 11.3 Å². The largest absolute Gasteiger partial charge is 0.495 e. The van der Waals surface area contributed by atoms with Gasteiger partial charge in [-0.1, -0.05) is 22.9 Å². The highest BCUT2D eigenvalue weighted by Crippen LogP contribution is 2.38. The summed E-state index contributed by atoms with van der Waals surface area (Å²) in [6.07, 6.45) is 3.72. The third kappa shape index (κ3) is 3.76. The first-order valence-corrected chi connectivity index (χ1v) is 11.0. The van der Waals surface area contributed by atoms with Crippen LogP contribution in [0.2, 0.25) is 5.02 Å². The minimum Gasteiger partial charge on any atom is -0.495 e. The maximum atomic E-state index is 12.8. The van der Waals surface area contributed by atoms with Crippen molar-refractivity contribution in [2.24, 2.45) is 0 Å². The van der Waals surface area contributed by atoms with E-state index in [0.29, 0.717) is 27.1 Å². The summed E-state index contributed by atoms with van der Waals surface area (Å²) in [6.45, 7) is 2.12. The van der Waals surface area contributed by atoms with Crippen LogP contribution < -0.4 is 19.7 Å². The number of rotatable bonds is 5. The molecule has 0 saturated carbocycles. The third-order valence-corrected chi connectivity index (χ3v) is 7.29. The molecule has 3 aromatic rings. The zero-order valence-electron chi connectivity index (χ0n) is 15.6. The highest BCUT2D eigenvalue weighted by atomic mass is 35.5. The van der Waals surface area contributed by atoms with Gasteiger partial charge in [0.2, 0.25) is 0 Å². The Hall–Kier alpha value is -2.03. The average molecular weight is 438 g/mol. The topological polar surface area (TPSA) is 63.7 Å². The van der Waals surface area contributed by atoms with Crippen molar-refractivity contribution in [3.8, 4) is 11.5 Å². The number of hydrogen-bond acceptors (Lipinski definition) is 7. The number of fused-ring (bicyclic) bond motifs is 1. The maximum absolute atomic E-state index is 12.8. The lowest BCUT2D eigenvalue weighted by Crippen LogP contribution is -2.29. The SMILES string of the molecule is COc1cc(NC(=O)c2cc3nc(N4CCCCC4)sc3s2)c(OC)cc1Cl. The highest BCUT2D eigenvalue weighted by Gasteiger charge is 2.20. The lowest BCUT2D eigenvalue weighted by molar-refractivity contribution is 0.103. The van der Waals surface area contributed by atoms with Crippen molar-refractivity contribution in [1.82, 2.24) is 4.98 Å². The van der Waals surface area contributed by atoms with Gasteiger partial charge in [-0.2, -0.15) is 0 Å². The molecule has 4 rings (SSSR count). The third-order valence-electron chi connectivity index (χ3n) is 4.65. The summed E-state index contributed by atoms with van der Waals surface area (Å²) in [6, 6.07) is 5.12. The number of carbonyl (C=O) groups excluding carboxylic acids is 1. The fourth-order valence-electron chi connectivity index (χ4n) is 3.20. The fourth-order valence-corrected chi connectivity index (χ4v) is 5.64. The maximum Gasteiger partial charge on any atom is 0.265 e. The number of halogens is 1. The normalized spacial score (nSPS) is 14.3. The number of anilines is 2. The fraction of sp³-hybridized carbons (Fsp3) is 0.368. The van der Waals surface area contributed by atoms with Gasteiger partial charge < -0.3 is 19.7 Å². The van der Waals surface area contributed by atoms with E-state index >= 15 is 0 Å². The Morgan fingerprint density at radius 3 is 2.54 bits per heavy atom. The predicted molar refractivity (Wildman–Crippen MR) is 116 cm³/mol. The summed E-state index contributed by atoms with van der Waals surface area (Å²) in [5.74, 6) is 0.734. The molecule has 0 unspecified atom stereocenters. The molecule has 1 aliphatic heterocycles. The molecule has 1 saturated heterocycles. The van der Waals surface area contributed by atoms with Crippen LogP contribution in [-0.4, -0.2) is 38.2 Å². The molecule has 2 aromatic heterocycles. The molecular formula is C19H20ClN3O3S2. The molecule has 1 aromatic carbocycles. The molecule has 0 bridgehead atoms. The number of aromatic nitrogens is 1. The van der Waals surface area contributed by atoms with Crippen LogP contribution in [0.4, 0.5) is 10.8 Å². The van der Waals surface area contributed by atoms with E-state index in [4.69, 9.17) is 26.1 Å². The number of nitrogens with one attached hydrogen (secondary N) is 1. The standard InChI is InChI=1S/C19H20ClN3O3S2/c1-25-14-9-12(15(26-2)8-11(14)20)21-17(24)16-10-13-18(27-16)28-19(22-13)23-6-4-3-5-7-23/h8-10H,3-7H2,1-2H3,(H,21,24). The number of hydrogen-bond donors (Lipinski definition) is 1. The minimum absolute atomic E-state index is 0.211. The summed E-state index contributed by atoms with van der Waals surface area (Å²) in [7, 11) is 3.05. The molecule has 0 radical (unpaired) electrons. The van der Waals surface area contributed by atoms with Crippen molar-refractivity contribution >= 4 is 60.5 Å². The van der Waals surface area contributed by atoms with E-state index < -0.39 is 0 Å². The van der Waals surface area contributed by atoms with E-state index in [9.17, 15) is 4.79 Å². The average Bonchev–Trinajstić information content (AvgIpc) is 3.29. The number of methoxy groups -OCH3 is 2. The first kappa shape index (κ1) is 19.3. The smallest absolute Gasteiger partial charge is 0.265 e. The van der Waals surface area contributed by atoms with Crippen LogP contribution in [0.3, 0.4) is 0 Å². The van der Waals surface area contributed by atoms with Gasteiger partial charge in [0.05, 0.1) is 35.3 Å². The van der Waals surface area contributed by atoms with Gasteiger partial charge in [0.15, 0.2) is 5.13 Å². The molecule has 148 valence electrons. The lowest BCUT2D eigenvalue weighted by Gasteiger charge is -2.25. The quantitative estimate of drug-likeness (QED) is 0.589. The number of ether oxygens (including phenoxy) is 2. The molecule has 0 spiro atoms. The molecule has 1 fully saturated rings. The van der Waals surface area contributed by atoms with E-state index in [2.05, 4.69) is 10.2 Å². The molecule has 0 atom stereocenters. The first-order valence-electron chi connectivity index (χ1n) is 8.97. The molecule has 1 amide bonds. The minimum atomic E-state index is -0.211. The molecule has 28 heavy (non-hydrogen) atoms. The Morgan fingerprint density at radius 2 is 1.86 bits per heavy atom. The zero-order valence-corrected chi connectivity index (χ0v) is 18.0. The Morgan fingerprint density at radius 1 is 1.11 bits per heavy atom. The molecule has 9 heteroatoms. The Bertz CT molecular complexity index is 980. The van der Waals surface area contributed by atoms with E-state index in [0.717, 1.165) is 27.8 Å². The van der Waals surface area contributed by atoms with E-state index in [1.54, 1.807) is 23.5 Å².